The molecule has 1 saturated heterocycles. The molecule has 1 aliphatic heterocycles. The number of nitro groups is 1. The van der Waals surface area contributed by atoms with E-state index in [0.29, 0.717) is 51.1 Å². The molecule has 0 unspecified atom stereocenters. The first kappa shape index (κ1) is 20.8. The lowest BCUT2D eigenvalue weighted by Gasteiger charge is -2.33. The summed E-state index contributed by atoms with van der Waals surface area (Å²) < 4.78 is 57.0. The van der Waals surface area contributed by atoms with Crippen LogP contribution < -0.4 is 14.5 Å². The Hall–Kier alpha value is -2.88. The number of quaternary nitrogens is 1. The van der Waals surface area contributed by atoms with Crippen LogP contribution in [0.2, 0.25) is 0 Å². The molecular weight excluding hydrogens is 394 g/mol. The predicted octanol–water partition coefficient (Wildman–Crippen LogP) is 2.54. The number of hydrogen-bond acceptors (Lipinski definition) is 4. The van der Waals surface area contributed by atoms with Crippen molar-refractivity contribution in [2.75, 3.05) is 44.2 Å². The molecule has 3 rings (SSSR count). The molecule has 0 saturated carbocycles. The van der Waals surface area contributed by atoms with Crippen molar-refractivity contribution in [2.45, 2.75) is 6.18 Å². The van der Waals surface area contributed by atoms with E-state index in [1.54, 1.807) is 17.0 Å². The SMILES string of the molecule is O=[N+]([O-])c1cc(C(F)(F)F)ccc1N1CC[NH+](CCOc2ccc(F)cc2)CC1. The number of piperazine rings is 1. The van der Waals surface area contributed by atoms with Gasteiger partial charge in [0, 0.05) is 6.07 Å². The zero-order valence-corrected chi connectivity index (χ0v) is 15.4. The minimum Gasteiger partial charge on any atom is -0.488 e. The van der Waals surface area contributed by atoms with E-state index in [4.69, 9.17) is 4.74 Å². The Morgan fingerprint density at radius 2 is 1.76 bits per heavy atom. The Balaban J connectivity index is 1.56. The maximum Gasteiger partial charge on any atom is 0.416 e. The number of nitrogens with zero attached hydrogens (tertiary/aromatic N) is 2. The molecule has 0 bridgehead atoms. The fourth-order valence-electron chi connectivity index (χ4n) is 3.27. The third kappa shape index (κ3) is 5.35. The van der Waals surface area contributed by atoms with Crippen molar-refractivity contribution in [3.8, 4) is 5.75 Å². The van der Waals surface area contributed by atoms with Gasteiger partial charge in [0.1, 0.15) is 30.4 Å². The van der Waals surface area contributed by atoms with Crippen LogP contribution in [-0.4, -0.2) is 44.3 Å². The molecule has 0 aromatic heterocycles. The lowest BCUT2D eigenvalue weighted by Crippen LogP contribution is -3.15. The molecule has 0 spiro atoms. The molecule has 156 valence electrons. The van der Waals surface area contributed by atoms with Crippen LogP contribution in [0.4, 0.5) is 28.9 Å². The van der Waals surface area contributed by atoms with Gasteiger partial charge in [-0.3, -0.25) is 10.1 Å². The Labute approximate surface area is 164 Å². The lowest BCUT2D eigenvalue weighted by molar-refractivity contribution is -0.900. The highest BCUT2D eigenvalue weighted by molar-refractivity contribution is 5.64. The van der Waals surface area contributed by atoms with E-state index < -0.39 is 22.4 Å². The number of rotatable bonds is 6. The summed E-state index contributed by atoms with van der Waals surface area (Å²) in [5.41, 5.74) is -1.37. The Kier molecular flexibility index (Phi) is 6.21. The fourth-order valence-corrected chi connectivity index (χ4v) is 3.27. The third-order valence-electron chi connectivity index (χ3n) is 4.85. The molecule has 2 aromatic rings. The van der Waals surface area contributed by atoms with Gasteiger partial charge >= 0.3 is 6.18 Å². The monoisotopic (exact) mass is 414 g/mol. The molecule has 0 amide bonds. The molecule has 0 radical (unpaired) electrons. The van der Waals surface area contributed by atoms with Crippen LogP contribution in [0.25, 0.3) is 0 Å². The highest BCUT2D eigenvalue weighted by Gasteiger charge is 2.34. The van der Waals surface area contributed by atoms with Crippen LogP contribution in [0.15, 0.2) is 42.5 Å². The van der Waals surface area contributed by atoms with Crippen LogP contribution >= 0.6 is 0 Å². The van der Waals surface area contributed by atoms with Gasteiger partial charge in [-0.25, -0.2) is 4.39 Å². The summed E-state index contributed by atoms with van der Waals surface area (Å²) in [4.78, 5) is 13.5. The number of halogens is 4. The second kappa shape index (κ2) is 8.64. The van der Waals surface area contributed by atoms with Gasteiger partial charge in [0.05, 0.1) is 36.7 Å². The van der Waals surface area contributed by atoms with Gasteiger partial charge in [0.15, 0.2) is 0 Å². The topological polar surface area (TPSA) is 60.0 Å². The van der Waals surface area contributed by atoms with E-state index in [2.05, 4.69) is 0 Å². The Morgan fingerprint density at radius 3 is 2.34 bits per heavy atom. The van der Waals surface area contributed by atoms with Crippen molar-refractivity contribution in [2.24, 2.45) is 0 Å². The first-order valence-electron chi connectivity index (χ1n) is 9.06. The maximum absolute atomic E-state index is 12.9. The largest absolute Gasteiger partial charge is 0.488 e. The van der Waals surface area contributed by atoms with Gasteiger partial charge in [-0.2, -0.15) is 13.2 Å². The minimum absolute atomic E-state index is 0.199. The number of alkyl halides is 3. The molecule has 1 fully saturated rings. The van der Waals surface area contributed by atoms with Crippen molar-refractivity contribution in [1.82, 2.24) is 0 Å². The van der Waals surface area contributed by atoms with Crippen LogP contribution in [0, 0.1) is 15.9 Å². The summed E-state index contributed by atoms with van der Waals surface area (Å²) in [6.07, 6.45) is -4.63. The van der Waals surface area contributed by atoms with Gasteiger partial charge in [-0.1, -0.05) is 0 Å². The molecule has 0 atom stereocenters. The van der Waals surface area contributed by atoms with Gasteiger partial charge in [-0.15, -0.1) is 0 Å². The van der Waals surface area contributed by atoms with E-state index in [1.807, 2.05) is 0 Å². The fraction of sp³-hybridized carbons (Fsp3) is 0.368. The number of nitro benzene ring substituents is 1. The summed E-state index contributed by atoms with van der Waals surface area (Å²) in [7, 11) is 0. The second-order valence-corrected chi connectivity index (χ2v) is 6.75. The van der Waals surface area contributed by atoms with Crippen molar-refractivity contribution >= 4 is 11.4 Å². The normalized spacial score (nSPS) is 15.4. The maximum atomic E-state index is 12.9. The third-order valence-corrected chi connectivity index (χ3v) is 4.85. The van der Waals surface area contributed by atoms with Crippen LogP contribution in [0.3, 0.4) is 0 Å². The molecule has 6 nitrogen and oxygen atoms in total. The number of benzene rings is 2. The smallest absolute Gasteiger partial charge is 0.416 e. The first-order valence-corrected chi connectivity index (χ1v) is 9.06. The number of anilines is 1. The van der Waals surface area contributed by atoms with E-state index in [9.17, 15) is 27.7 Å². The number of ether oxygens (including phenoxy) is 1. The van der Waals surface area contributed by atoms with E-state index in [0.717, 1.165) is 6.07 Å². The van der Waals surface area contributed by atoms with Crippen molar-refractivity contribution < 1.29 is 32.1 Å². The van der Waals surface area contributed by atoms with Gasteiger partial charge < -0.3 is 14.5 Å². The van der Waals surface area contributed by atoms with Crippen molar-refractivity contribution in [3.05, 3.63) is 64.0 Å². The Bertz CT molecular complexity index is 851. The second-order valence-electron chi connectivity index (χ2n) is 6.75. The van der Waals surface area contributed by atoms with Crippen LogP contribution in [-0.2, 0) is 6.18 Å². The van der Waals surface area contributed by atoms with Crippen molar-refractivity contribution in [1.29, 1.82) is 0 Å². The molecule has 2 aromatic carbocycles. The van der Waals surface area contributed by atoms with Gasteiger partial charge in [-0.05, 0) is 36.4 Å². The molecule has 1 aliphatic rings. The van der Waals surface area contributed by atoms with Gasteiger partial charge in [0.2, 0.25) is 0 Å². The molecule has 0 aliphatic carbocycles. The summed E-state index contributed by atoms with van der Waals surface area (Å²) in [6.45, 7) is 3.44. The van der Waals surface area contributed by atoms with Crippen molar-refractivity contribution in [3.63, 3.8) is 0 Å². The summed E-state index contributed by atoms with van der Waals surface area (Å²) in [6, 6.07) is 8.36. The van der Waals surface area contributed by atoms with Crippen LogP contribution in [0.1, 0.15) is 5.56 Å². The average molecular weight is 414 g/mol. The highest BCUT2D eigenvalue weighted by Crippen LogP contribution is 2.36. The number of hydrogen-bond donors (Lipinski definition) is 1. The number of nitrogens with one attached hydrogen (secondary N) is 1. The molecule has 29 heavy (non-hydrogen) atoms. The molecular formula is C19H20F4N3O3+. The highest BCUT2D eigenvalue weighted by atomic mass is 19.4. The minimum atomic E-state index is -4.63. The lowest BCUT2D eigenvalue weighted by atomic mass is 10.1. The summed E-state index contributed by atoms with van der Waals surface area (Å²) >= 11 is 0. The Morgan fingerprint density at radius 1 is 1.10 bits per heavy atom. The average Bonchev–Trinajstić information content (AvgIpc) is 2.69. The molecule has 1 heterocycles. The van der Waals surface area contributed by atoms with Crippen LogP contribution in [0.5, 0.6) is 5.75 Å². The quantitative estimate of drug-likeness (QED) is 0.449. The van der Waals surface area contributed by atoms with E-state index in [-0.39, 0.29) is 11.5 Å². The zero-order chi connectivity index (χ0) is 21.0. The summed E-state index contributed by atoms with van der Waals surface area (Å²) in [5.74, 6) is 0.237. The van der Waals surface area contributed by atoms with E-state index in [1.165, 1.54) is 23.1 Å². The zero-order valence-electron chi connectivity index (χ0n) is 15.4. The molecule has 1 N–H and O–H groups in total. The standard InChI is InChI=1S/C19H19F4N3O3/c20-15-2-4-16(5-3-15)29-12-11-24-7-9-25(10-8-24)17-6-1-14(19(21,22)23)13-18(17)26(27)28/h1-6,13H,7-12H2/p+1. The predicted molar refractivity (Wildman–Crippen MR) is 97.8 cm³/mol. The van der Waals surface area contributed by atoms with Gasteiger partial charge in [0.25, 0.3) is 5.69 Å². The summed E-state index contributed by atoms with van der Waals surface area (Å²) in [5, 5.41) is 11.3. The molecule has 10 heteroatoms. The van der Waals surface area contributed by atoms with E-state index >= 15 is 0 Å². The first-order chi connectivity index (χ1) is 13.7.